The van der Waals surface area contributed by atoms with Crippen molar-refractivity contribution in [3.05, 3.63) is 69.9 Å². The topological polar surface area (TPSA) is 42.0 Å². The molecular formula is C18H11ClN2OS2. The summed E-state index contributed by atoms with van der Waals surface area (Å²) < 4.78 is 1.10. The van der Waals surface area contributed by atoms with Crippen molar-refractivity contribution < 1.29 is 4.79 Å². The predicted molar refractivity (Wildman–Crippen MR) is 102 cm³/mol. The zero-order valence-corrected chi connectivity index (χ0v) is 14.7. The van der Waals surface area contributed by atoms with Gasteiger partial charge < -0.3 is 5.32 Å². The van der Waals surface area contributed by atoms with Gasteiger partial charge in [-0.25, -0.2) is 4.98 Å². The second-order valence-electron chi connectivity index (χ2n) is 5.11. The zero-order chi connectivity index (χ0) is 16.5. The molecule has 4 rings (SSSR count). The summed E-state index contributed by atoms with van der Waals surface area (Å²) in [5.41, 5.74) is 2.47. The lowest BCUT2D eigenvalue weighted by Crippen LogP contribution is -2.10. The minimum absolute atomic E-state index is 0.130. The maximum atomic E-state index is 12.4. The minimum Gasteiger partial charge on any atom is -0.321 e. The third-order valence-corrected chi connectivity index (χ3v) is 5.67. The van der Waals surface area contributed by atoms with Gasteiger partial charge in [0.25, 0.3) is 5.91 Å². The first-order valence-corrected chi connectivity index (χ1v) is 9.28. The molecule has 0 radical (unpaired) electrons. The normalized spacial score (nSPS) is 10.9. The molecular weight excluding hydrogens is 360 g/mol. The first-order chi connectivity index (χ1) is 11.7. The van der Waals surface area contributed by atoms with Crippen molar-refractivity contribution >= 4 is 56.1 Å². The first-order valence-electron chi connectivity index (χ1n) is 7.21. The fraction of sp³-hybridized carbons (Fsp3) is 0. The van der Waals surface area contributed by atoms with Crippen LogP contribution < -0.4 is 5.32 Å². The summed E-state index contributed by atoms with van der Waals surface area (Å²) in [6.07, 6.45) is 0. The number of halogens is 1. The van der Waals surface area contributed by atoms with E-state index in [4.69, 9.17) is 11.6 Å². The number of thiophene rings is 1. The molecule has 6 heteroatoms. The van der Waals surface area contributed by atoms with Crippen molar-refractivity contribution in [1.82, 2.24) is 4.98 Å². The Balaban J connectivity index is 1.77. The number of nitrogens with zero attached hydrogens (tertiary/aromatic N) is 1. The van der Waals surface area contributed by atoms with E-state index in [9.17, 15) is 4.79 Å². The lowest BCUT2D eigenvalue weighted by atomic mass is 10.2. The molecule has 0 saturated heterocycles. The molecule has 2 heterocycles. The highest BCUT2D eigenvalue weighted by atomic mass is 35.5. The Morgan fingerprint density at radius 1 is 1.08 bits per heavy atom. The number of fused-ring (bicyclic) bond motifs is 1. The maximum absolute atomic E-state index is 12.4. The van der Waals surface area contributed by atoms with Crippen LogP contribution in [0.3, 0.4) is 0 Å². The van der Waals surface area contributed by atoms with E-state index in [2.05, 4.69) is 10.3 Å². The van der Waals surface area contributed by atoms with Crippen molar-refractivity contribution in [2.75, 3.05) is 5.32 Å². The second-order valence-corrected chi connectivity index (χ2v) is 7.52. The standard InChI is InChI=1S/C18H11ClN2OS2/c19-11-7-8-13(20-17(22)16-6-3-9-23-16)12(10-11)18-21-14-4-1-2-5-15(14)24-18/h1-10H,(H,20,22). The van der Waals surface area contributed by atoms with Crippen LogP contribution in [0, 0.1) is 0 Å². The van der Waals surface area contributed by atoms with Gasteiger partial charge in [-0.15, -0.1) is 22.7 Å². The molecule has 3 nitrogen and oxygen atoms in total. The predicted octanol–water partition coefficient (Wildman–Crippen LogP) is 5.93. The van der Waals surface area contributed by atoms with Gasteiger partial charge in [-0.3, -0.25) is 4.79 Å². The fourth-order valence-electron chi connectivity index (χ4n) is 2.38. The summed E-state index contributed by atoms with van der Waals surface area (Å²) in [6.45, 7) is 0. The third kappa shape index (κ3) is 2.94. The molecule has 0 atom stereocenters. The molecule has 24 heavy (non-hydrogen) atoms. The van der Waals surface area contributed by atoms with Crippen LogP contribution in [0.2, 0.25) is 5.02 Å². The monoisotopic (exact) mass is 370 g/mol. The second kappa shape index (κ2) is 6.36. The van der Waals surface area contributed by atoms with Crippen molar-refractivity contribution in [3.63, 3.8) is 0 Å². The molecule has 0 spiro atoms. The Kier molecular flexibility index (Phi) is 4.06. The quantitative estimate of drug-likeness (QED) is 0.485. The Labute approximate surface area is 151 Å². The lowest BCUT2D eigenvalue weighted by Gasteiger charge is -2.09. The van der Waals surface area contributed by atoms with Crippen LogP contribution in [-0.2, 0) is 0 Å². The van der Waals surface area contributed by atoms with Crippen LogP contribution in [0.15, 0.2) is 60.0 Å². The summed E-state index contributed by atoms with van der Waals surface area (Å²) in [4.78, 5) is 17.7. The van der Waals surface area contributed by atoms with E-state index in [0.717, 1.165) is 20.8 Å². The molecule has 1 amide bonds. The molecule has 0 unspecified atom stereocenters. The zero-order valence-electron chi connectivity index (χ0n) is 12.3. The van der Waals surface area contributed by atoms with E-state index < -0.39 is 0 Å². The number of carbonyl (C=O) groups excluding carboxylic acids is 1. The number of hydrogen-bond donors (Lipinski definition) is 1. The number of amides is 1. The van der Waals surface area contributed by atoms with Crippen LogP contribution >= 0.6 is 34.3 Å². The summed E-state index contributed by atoms with van der Waals surface area (Å²) in [7, 11) is 0. The number of aromatic nitrogens is 1. The van der Waals surface area contributed by atoms with Gasteiger partial charge in [-0.1, -0.05) is 29.8 Å². The van der Waals surface area contributed by atoms with Crippen LogP contribution in [0.1, 0.15) is 9.67 Å². The van der Waals surface area contributed by atoms with Gasteiger partial charge in [0.2, 0.25) is 0 Å². The van der Waals surface area contributed by atoms with Crippen LogP contribution in [0.4, 0.5) is 5.69 Å². The van der Waals surface area contributed by atoms with E-state index in [1.807, 2.05) is 47.8 Å². The van der Waals surface area contributed by atoms with Gasteiger partial charge in [0.05, 0.1) is 20.8 Å². The number of hydrogen-bond acceptors (Lipinski definition) is 4. The summed E-state index contributed by atoms with van der Waals surface area (Å²) in [6, 6.07) is 17.0. The van der Waals surface area contributed by atoms with Crippen molar-refractivity contribution in [1.29, 1.82) is 0 Å². The number of benzene rings is 2. The average molecular weight is 371 g/mol. The summed E-state index contributed by atoms with van der Waals surface area (Å²) >= 11 is 9.15. The Hall–Kier alpha value is -2.21. The van der Waals surface area contributed by atoms with E-state index in [1.54, 1.807) is 23.5 Å². The molecule has 118 valence electrons. The number of anilines is 1. The molecule has 0 bridgehead atoms. The molecule has 0 aliphatic heterocycles. The van der Waals surface area contributed by atoms with Crippen LogP contribution in [0.25, 0.3) is 20.8 Å². The van der Waals surface area contributed by atoms with Gasteiger partial charge in [0.1, 0.15) is 5.01 Å². The number of nitrogens with one attached hydrogen (secondary N) is 1. The smallest absolute Gasteiger partial charge is 0.265 e. The Bertz CT molecular complexity index is 992. The van der Waals surface area contributed by atoms with Gasteiger partial charge in [0, 0.05) is 10.6 Å². The van der Waals surface area contributed by atoms with E-state index in [1.165, 1.54) is 11.3 Å². The van der Waals surface area contributed by atoms with Crippen molar-refractivity contribution in [2.45, 2.75) is 0 Å². The van der Waals surface area contributed by atoms with Gasteiger partial charge >= 0.3 is 0 Å². The molecule has 0 aliphatic carbocycles. The molecule has 1 N–H and O–H groups in total. The van der Waals surface area contributed by atoms with E-state index >= 15 is 0 Å². The summed E-state index contributed by atoms with van der Waals surface area (Å²) in [5.74, 6) is -0.130. The fourth-order valence-corrected chi connectivity index (χ4v) is 4.17. The number of para-hydroxylation sites is 1. The molecule has 0 saturated carbocycles. The molecule has 0 aliphatic rings. The summed E-state index contributed by atoms with van der Waals surface area (Å²) in [5, 5.41) is 6.29. The van der Waals surface area contributed by atoms with Crippen molar-refractivity contribution in [2.24, 2.45) is 0 Å². The number of rotatable bonds is 3. The average Bonchev–Trinajstić information content (AvgIpc) is 3.25. The molecule has 4 aromatic rings. The van der Waals surface area contributed by atoms with E-state index in [-0.39, 0.29) is 5.91 Å². The minimum atomic E-state index is -0.130. The Morgan fingerprint density at radius 2 is 1.96 bits per heavy atom. The SMILES string of the molecule is O=C(Nc1ccc(Cl)cc1-c1nc2ccccc2s1)c1cccs1. The van der Waals surface area contributed by atoms with Gasteiger partial charge in [0.15, 0.2) is 0 Å². The third-order valence-electron chi connectivity index (χ3n) is 3.50. The largest absolute Gasteiger partial charge is 0.321 e. The highest BCUT2D eigenvalue weighted by Crippen LogP contribution is 2.36. The molecule has 2 aromatic heterocycles. The van der Waals surface area contributed by atoms with Crippen LogP contribution in [0.5, 0.6) is 0 Å². The number of carbonyl (C=O) groups is 1. The van der Waals surface area contributed by atoms with E-state index in [0.29, 0.717) is 15.6 Å². The molecule has 0 fully saturated rings. The molecule has 2 aromatic carbocycles. The van der Waals surface area contributed by atoms with Gasteiger partial charge in [-0.05, 0) is 41.8 Å². The lowest BCUT2D eigenvalue weighted by molar-refractivity contribution is 0.103. The highest BCUT2D eigenvalue weighted by Gasteiger charge is 2.14. The van der Waals surface area contributed by atoms with Crippen molar-refractivity contribution in [3.8, 4) is 10.6 Å². The highest BCUT2D eigenvalue weighted by molar-refractivity contribution is 7.21. The maximum Gasteiger partial charge on any atom is 0.265 e. The van der Waals surface area contributed by atoms with Crippen LogP contribution in [-0.4, -0.2) is 10.9 Å². The van der Waals surface area contributed by atoms with Gasteiger partial charge in [-0.2, -0.15) is 0 Å². The Morgan fingerprint density at radius 3 is 2.75 bits per heavy atom. The number of thiazole rings is 1. The first kappa shape index (κ1) is 15.3.